The van der Waals surface area contributed by atoms with E-state index in [0.717, 1.165) is 17.7 Å². The highest BCUT2D eigenvalue weighted by molar-refractivity contribution is 7.10. The van der Waals surface area contributed by atoms with Gasteiger partial charge in [0.15, 0.2) is 0 Å². The molecule has 2 rings (SSSR count). The fourth-order valence-corrected chi connectivity index (χ4v) is 3.28. The first-order valence-electron chi connectivity index (χ1n) is 4.91. The molecular weight excluding hydrogens is 210 g/mol. The first-order valence-corrected chi connectivity index (χ1v) is 5.79. The minimum absolute atomic E-state index is 0.572. The standard InChI is InChI=1S/C11H11NO2S/c12-6-8-5-9(15-7-8)11(10(13)14)3-1-2-4-11/h5,7H,1-4H2,(H,13,14). The van der Waals surface area contributed by atoms with Gasteiger partial charge in [-0.3, -0.25) is 4.79 Å². The van der Waals surface area contributed by atoms with Gasteiger partial charge >= 0.3 is 5.97 Å². The van der Waals surface area contributed by atoms with Gasteiger partial charge in [0.2, 0.25) is 0 Å². The molecule has 1 heterocycles. The van der Waals surface area contributed by atoms with Crippen LogP contribution >= 0.6 is 11.3 Å². The minimum Gasteiger partial charge on any atom is -0.481 e. The van der Waals surface area contributed by atoms with E-state index >= 15 is 0 Å². The summed E-state index contributed by atoms with van der Waals surface area (Å²) in [6.45, 7) is 0. The van der Waals surface area contributed by atoms with Crippen molar-refractivity contribution >= 4 is 17.3 Å². The Kier molecular flexibility index (Phi) is 2.49. The molecule has 0 bridgehead atoms. The Labute approximate surface area is 92.0 Å². The number of hydrogen-bond acceptors (Lipinski definition) is 3. The van der Waals surface area contributed by atoms with E-state index in [9.17, 15) is 9.90 Å². The molecule has 1 aromatic rings. The smallest absolute Gasteiger partial charge is 0.314 e. The molecule has 0 aromatic carbocycles. The third-order valence-electron chi connectivity index (χ3n) is 3.07. The third-order valence-corrected chi connectivity index (χ3v) is 4.20. The number of hydrogen-bond donors (Lipinski definition) is 1. The van der Waals surface area contributed by atoms with Crippen LogP contribution in [0.25, 0.3) is 0 Å². The van der Waals surface area contributed by atoms with Gasteiger partial charge in [-0.2, -0.15) is 5.26 Å². The van der Waals surface area contributed by atoms with Gasteiger partial charge in [0.25, 0.3) is 0 Å². The molecule has 1 N–H and O–H groups in total. The number of nitrogens with zero attached hydrogens (tertiary/aromatic N) is 1. The number of carbonyl (C=O) groups is 1. The maximum Gasteiger partial charge on any atom is 0.314 e. The first kappa shape index (κ1) is 10.2. The van der Waals surface area contributed by atoms with Gasteiger partial charge in [-0.15, -0.1) is 11.3 Å². The van der Waals surface area contributed by atoms with Crippen molar-refractivity contribution in [2.75, 3.05) is 0 Å². The number of carboxylic acids is 1. The van der Waals surface area contributed by atoms with E-state index in [-0.39, 0.29) is 0 Å². The van der Waals surface area contributed by atoms with Crippen LogP contribution in [0.5, 0.6) is 0 Å². The molecule has 0 atom stereocenters. The van der Waals surface area contributed by atoms with E-state index in [2.05, 4.69) is 0 Å². The summed E-state index contributed by atoms with van der Waals surface area (Å²) in [4.78, 5) is 12.2. The summed E-state index contributed by atoms with van der Waals surface area (Å²) in [5, 5.41) is 19.8. The quantitative estimate of drug-likeness (QED) is 0.834. The summed E-state index contributed by atoms with van der Waals surface area (Å²) in [7, 11) is 0. The van der Waals surface area contributed by atoms with E-state index in [0.29, 0.717) is 18.4 Å². The van der Waals surface area contributed by atoms with E-state index in [4.69, 9.17) is 5.26 Å². The van der Waals surface area contributed by atoms with Gasteiger partial charge < -0.3 is 5.11 Å². The fraction of sp³-hybridized carbons (Fsp3) is 0.455. The normalized spacial score (nSPS) is 18.6. The van der Waals surface area contributed by atoms with Crippen molar-refractivity contribution in [2.24, 2.45) is 0 Å². The van der Waals surface area contributed by atoms with Gasteiger partial charge in [0, 0.05) is 10.3 Å². The molecule has 1 saturated carbocycles. The predicted octanol–water partition coefficient (Wildman–Crippen LogP) is 2.52. The number of nitriles is 1. The molecule has 4 heteroatoms. The summed E-state index contributed by atoms with van der Waals surface area (Å²) in [5.74, 6) is -0.744. The molecule has 1 fully saturated rings. The SMILES string of the molecule is N#Cc1csc(C2(C(=O)O)CCCC2)c1. The number of carboxylic acid groups (broad SMARTS) is 1. The lowest BCUT2D eigenvalue weighted by Gasteiger charge is -2.21. The maximum absolute atomic E-state index is 11.3. The second kappa shape index (κ2) is 3.67. The summed E-state index contributed by atoms with van der Waals surface area (Å²) in [5.41, 5.74) is -0.137. The van der Waals surface area contributed by atoms with Crippen LogP contribution in [0, 0.1) is 11.3 Å². The second-order valence-electron chi connectivity index (χ2n) is 3.91. The van der Waals surface area contributed by atoms with Crippen LogP contribution in [-0.4, -0.2) is 11.1 Å². The van der Waals surface area contributed by atoms with E-state index in [1.54, 1.807) is 11.4 Å². The Morgan fingerprint density at radius 3 is 2.67 bits per heavy atom. The van der Waals surface area contributed by atoms with E-state index in [1.807, 2.05) is 6.07 Å². The zero-order chi connectivity index (χ0) is 10.9. The lowest BCUT2D eigenvalue weighted by atomic mass is 9.84. The topological polar surface area (TPSA) is 61.1 Å². The highest BCUT2D eigenvalue weighted by Crippen LogP contribution is 2.43. The van der Waals surface area contributed by atoms with Crippen molar-refractivity contribution < 1.29 is 9.90 Å². The van der Waals surface area contributed by atoms with Crippen LogP contribution in [-0.2, 0) is 10.2 Å². The van der Waals surface area contributed by atoms with Gasteiger partial charge in [0.05, 0.1) is 5.56 Å². The molecule has 0 amide bonds. The summed E-state index contributed by atoms with van der Waals surface area (Å²) in [6.07, 6.45) is 3.33. The predicted molar refractivity (Wildman–Crippen MR) is 56.8 cm³/mol. The fourth-order valence-electron chi connectivity index (χ4n) is 2.19. The van der Waals surface area contributed by atoms with Crippen molar-refractivity contribution in [3.63, 3.8) is 0 Å². The molecule has 0 radical (unpaired) electrons. The Morgan fingerprint density at radius 2 is 2.20 bits per heavy atom. The third kappa shape index (κ3) is 1.53. The van der Waals surface area contributed by atoms with Gasteiger partial charge in [-0.25, -0.2) is 0 Å². The average Bonchev–Trinajstić information content (AvgIpc) is 2.87. The lowest BCUT2D eigenvalue weighted by Crippen LogP contribution is -2.31. The summed E-state index contributed by atoms with van der Waals surface area (Å²) in [6, 6.07) is 3.77. The van der Waals surface area contributed by atoms with E-state index < -0.39 is 11.4 Å². The van der Waals surface area contributed by atoms with Crippen molar-refractivity contribution in [1.82, 2.24) is 0 Å². The largest absolute Gasteiger partial charge is 0.481 e. The van der Waals surface area contributed by atoms with Crippen LogP contribution in [0.15, 0.2) is 11.4 Å². The molecule has 0 saturated heterocycles. The van der Waals surface area contributed by atoms with Crippen LogP contribution in [0.2, 0.25) is 0 Å². The van der Waals surface area contributed by atoms with Crippen LogP contribution in [0.3, 0.4) is 0 Å². The molecule has 1 aromatic heterocycles. The van der Waals surface area contributed by atoms with Crippen LogP contribution in [0.1, 0.15) is 36.1 Å². The van der Waals surface area contributed by atoms with Crippen molar-refractivity contribution in [3.05, 3.63) is 21.9 Å². The number of rotatable bonds is 2. The highest BCUT2D eigenvalue weighted by Gasteiger charge is 2.43. The van der Waals surface area contributed by atoms with Gasteiger partial charge in [-0.1, -0.05) is 12.8 Å². The Bertz CT molecular complexity index is 424. The first-order chi connectivity index (χ1) is 7.19. The molecule has 0 spiro atoms. The van der Waals surface area contributed by atoms with Gasteiger partial charge in [-0.05, 0) is 18.9 Å². The summed E-state index contributed by atoms with van der Waals surface area (Å²) >= 11 is 1.40. The van der Waals surface area contributed by atoms with Crippen molar-refractivity contribution in [3.8, 4) is 6.07 Å². The molecular formula is C11H11NO2S. The van der Waals surface area contributed by atoms with Crippen LogP contribution < -0.4 is 0 Å². The molecule has 1 aliphatic rings. The van der Waals surface area contributed by atoms with E-state index in [1.165, 1.54) is 11.3 Å². The lowest BCUT2D eigenvalue weighted by molar-refractivity contribution is -0.143. The number of thiophene rings is 1. The molecule has 0 unspecified atom stereocenters. The molecule has 1 aliphatic carbocycles. The maximum atomic E-state index is 11.3. The molecule has 0 aliphatic heterocycles. The Hall–Kier alpha value is -1.34. The van der Waals surface area contributed by atoms with Crippen LogP contribution in [0.4, 0.5) is 0 Å². The average molecular weight is 221 g/mol. The molecule has 3 nitrogen and oxygen atoms in total. The molecule has 15 heavy (non-hydrogen) atoms. The minimum atomic E-state index is -0.744. The zero-order valence-corrected chi connectivity index (χ0v) is 9.01. The second-order valence-corrected chi connectivity index (χ2v) is 4.82. The summed E-state index contributed by atoms with van der Waals surface area (Å²) < 4.78 is 0. The molecule has 78 valence electrons. The Morgan fingerprint density at radius 1 is 1.53 bits per heavy atom. The van der Waals surface area contributed by atoms with Crippen molar-refractivity contribution in [2.45, 2.75) is 31.1 Å². The highest BCUT2D eigenvalue weighted by atomic mass is 32.1. The van der Waals surface area contributed by atoms with Crippen molar-refractivity contribution in [1.29, 1.82) is 5.26 Å². The Balaban J connectivity index is 2.41. The monoisotopic (exact) mass is 221 g/mol. The van der Waals surface area contributed by atoms with Gasteiger partial charge in [0.1, 0.15) is 11.5 Å². The zero-order valence-electron chi connectivity index (χ0n) is 8.19. The number of aliphatic carboxylic acids is 1.